The highest BCUT2D eigenvalue weighted by molar-refractivity contribution is 5.95. The number of hydrogen-bond acceptors (Lipinski definition) is 2. The van der Waals surface area contributed by atoms with Gasteiger partial charge in [0, 0.05) is 30.8 Å². The van der Waals surface area contributed by atoms with Crippen molar-refractivity contribution in [2.24, 2.45) is 5.92 Å². The number of carbonyl (C=O) groups is 2. The Labute approximate surface area is 132 Å². The predicted molar refractivity (Wildman–Crippen MR) is 88.9 cm³/mol. The number of carbonyl (C=O) groups excluding carboxylic acids is 2. The van der Waals surface area contributed by atoms with Gasteiger partial charge in [-0.2, -0.15) is 0 Å². The molecule has 120 valence electrons. The first-order chi connectivity index (χ1) is 10.6. The van der Waals surface area contributed by atoms with Crippen molar-refractivity contribution in [2.45, 2.75) is 46.0 Å². The molecular weight excluding hydrogens is 276 g/mol. The lowest BCUT2D eigenvalue weighted by atomic mass is 9.98. The van der Waals surface area contributed by atoms with Crippen LogP contribution in [0.5, 0.6) is 0 Å². The Kier molecular flexibility index (Phi) is 5.99. The quantitative estimate of drug-likeness (QED) is 0.902. The summed E-state index contributed by atoms with van der Waals surface area (Å²) >= 11 is 0. The molecule has 0 radical (unpaired) electrons. The second-order valence-corrected chi connectivity index (χ2v) is 6.20. The SMILES string of the molecule is CCCCC(=O)Nc1ccc(C(=O)N2CCC(C)CC2)cc1. The minimum Gasteiger partial charge on any atom is -0.339 e. The lowest BCUT2D eigenvalue weighted by Crippen LogP contribution is -2.37. The lowest BCUT2D eigenvalue weighted by molar-refractivity contribution is -0.116. The molecule has 4 heteroatoms. The third kappa shape index (κ3) is 4.58. The van der Waals surface area contributed by atoms with E-state index in [2.05, 4.69) is 19.2 Å². The number of likely N-dealkylation sites (tertiary alicyclic amines) is 1. The Hall–Kier alpha value is -1.84. The van der Waals surface area contributed by atoms with Gasteiger partial charge in [-0.05, 0) is 49.4 Å². The maximum atomic E-state index is 12.4. The van der Waals surface area contributed by atoms with E-state index in [1.807, 2.05) is 17.0 Å². The van der Waals surface area contributed by atoms with Crippen molar-refractivity contribution in [3.05, 3.63) is 29.8 Å². The standard InChI is InChI=1S/C18H26N2O2/c1-3-4-5-17(21)19-16-8-6-15(7-9-16)18(22)20-12-10-14(2)11-13-20/h6-9,14H,3-5,10-13H2,1-2H3,(H,19,21). The summed E-state index contributed by atoms with van der Waals surface area (Å²) in [5, 5.41) is 2.86. The molecule has 1 aromatic rings. The van der Waals surface area contributed by atoms with Crippen LogP contribution in [-0.4, -0.2) is 29.8 Å². The predicted octanol–water partition coefficient (Wildman–Crippen LogP) is 3.69. The van der Waals surface area contributed by atoms with Gasteiger partial charge in [0.2, 0.25) is 5.91 Å². The number of rotatable bonds is 5. The van der Waals surface area contributed by atoms with Crippen LogP contribution in [0.1, 0.15) is 56.3 Å². The molecule has 0 aliphatic carbocycles. The van der Waals surface area contributed by atoms with Gasteiger partial charge in [-0.15, -0.1) is 0 Å². The van der Waals surface area contributed by atoms with Gasteiger partial charge in [0.15, 0.2) is 0 Å². The van der Waals surface area contributed by atoms with Gasteiger partial charge in [-0.25, -0.2) is 0 Å². The molecule has 0 atom stereocenters. The number of unbranched alkanes of at least 4 members (excludes halogenated alkanes) is 1. The molecular formula is C18H26N2O2. The zero-order valence-corrected chi connectivity index (χ0v) is 13.6. The second kappa shape index (κ2) is 7.97. The molecule has 1 fully saturated rings. The van der Waals surface area contributed by atoms with E-state index in [4.69, 9.17) is 0 Å². The largest absolute Gasteiger partial charge is 0.339 e. The molecule has 2 amide bonds. The highest BCUT2D eigenvalue weighted by atomic mass is 16.2. The van der Waals surface area contributed by atoms with Gasteiger partial charge in [-0.1, -0.05) is 20.3 Å². The molecule has 1 saturated heterocycles. The van der Waals surface area contributed by atoms with Crippen LogP contribution in [0.4, 0.5) is 5.69 Å². The maximum Gasteiger partial charge on any atom is 0.253 e. The fourth-order valence-electron chi connectivity index (χ4n) is 2.65. The Morgan fingerprint density at radius 2 is 1.82 bits per heavy atom. The summed E-state index contributed by atoms with van der Waals surface area (Å²) in [4.78, 5) is 26.0. The van der Waals surface area contributed by atoms with E-state index in [1.165, 1.54) is 0 Å². The van der Waals surface area contributed by atoms with Crippen molar-refractivity contribution >= 4 is 17.5 Å². The minimum absolute atomic E-state index is 0.0333. The van der Waals surface area contributed by atoms with E-state index in [0.717, 1.165) is 44.5 Å². The molecule has 4 nitrogen and oxygen atoms in total. The Morgan fingerprint density at radius 3 is 2.41 bits per heavy atom. The monoisotopic (exact) mass is 302 g/mol. The molecule has 1 aromatic carbocycles. The van der Waals surface area contributed by atoms with Gasteiger partial charge in [0.1, 0.15) is 0 Å². The second-order valence-electron chi connectivity index (χ2n) is 6.20. The average molecular weight is 302 g/mol. The zero-order valence-electron chi connectivity index (χ0n) is 13.6. The zero-order chi connectivity index (χ0) is 15.9. The summed E-state index contributed by atoms with van der Waals surface area (Å²) in [7, 11) is 0. The number of anilines is 1. The van der Waals surface area contributed by atoms with E-state index in [0.29, 0.717) is 17.9 Å². The molecule has 0 aromatic heterocycles. The summed E-state index contributed by atoms with van der Waals surface area (Å²) in [6.07, 6.45) is 4.61. The molecule has 0 bridgehead atoms. The third-order valence-electron chi connectivity index (χ3n) is 4.24. The molecule has 1 heterocycles. The first-order valence-electron chi connectivity index (χ1n) is 8.29. The molecule has 1 N–H and O–H groups in total. The summed E-state index contributed by atoms with van der Waals surface area (Å²) < 4.78 is 0. The first-order valence-corrected chi connectivity index (χ1v) is 8.29. The molecule has 1 aliphatic heterocycles. The number of nitrogens with one attached hydrogen (secondary N) is 1. The van der Waals surface area contributed by atoms with Crippen LogP contribution in [0.15, 0.2) is 24.3 Å². The van der Waals surface area contributed by atoms with Crippen LogP contribution < -0.4 is 5.32 Å². The van der Waals surface area contributed by atoms with Crippen molar-refractivity contribution in [1.29, 1.82) is 0 Å². The van der Waals surface area contributed by atoms with Crippen molar-refractivity contribution < 1.29 is 9.59 Å². The third-order valence-corrected chi connectivity index (χ3v) is 4.24. The first kappa shape index (κ1) is 16.5. The number of hydrogen-bond donors (Lipinski definition) is 1. The minimum atomic E-state index is 0.0333. The molecule has 2 rings (SSSR count). The van der Waals surface area contributed by atoms with Crippen molar-refractivity contribution in [3.63, 3.8) is 0 Å². The van der Waals surface area contributed by atoms with Gasteiger partial charge in [-0.3, -0.25) is 9.59 Å². The smallest absolute Gasteiger partial charge is 0.253 e. The van der Waals surface area contributed by atoms with Crippen LogP contribution >= 0.6 is 0 Å². The van der Waals surface area contributed by atoms with E-state index < -0.39 is 0 Å². The topological polar surface area (TPSA) is 49.4 Å². The molecule has 0 spiro atoms. The van der Waals surface area contributed by atoms with Crippen LogP contribution in [0.3, 0.4) is 0 Å². The molecule has 22 heavy (non-hydrogen) atoms. The lowest BCUT2D eigenvalue weighted by Gasteiger charge is -2.30. The van der Waals surface area contributed by atoms with Crippen LogP contribution in [0, 0.1) is 5.92 Å². The van der Waals surface area contributed by atoms with Crippen molar-refractivity contribution in [2.75, 3.05) is 18.4 Å². The van der Waals surface area contributed by atoms with Crippen molar-refractivity contribution in [1.82, 2.24) is 4.90 Å². The summed E-state index contributed by atoms with van der Waals surface area (Å²) in [5.41, 5.74) is 1.45. The summed E-state index contributed by atoms with van der Waals surface area (Å²) in [6, 6.07) is 7.22. The molecule has 0 saturated carbocycles. The number of nitrogens with zero attached hydrogens (tertiary/aromatic N) is 1. The van der Waals surface area contributed by atoms with E-state index >= 15 is 0 Å². The molecule has 1 aliphatic rings. The van der Waals surface area contributed by atoms with Gasteiger partial charge in [0.05, 0.1) is 0 Å². The summed E-state index contributed by atoms with van der Waals surface area (Å²) in [5.74, 6) is 0.839. The normalized spacial score (nSPS) is 15.6. The van der Waals surface area contributed by atoms with E-state index in [1.54, 1.807) is 12.1 Å². The molecule has 0 unspecified atom stereocenters. The fraction of sp³-hybridized carbons (Fsp3) is 0.556. The van der Waals surface area contributed by atoms with Crippen LogP contribution in [0.2, 0.25) is 0 Å². The van der Waals surface area contributed by atoms with Crippen LogP contribution in [0.25, 0.3) is 0 Å². The number of amides is 2. The Morgan fingerprint density at radius 1 is 1.18 bits per heavy atom. The number of piperidine rings is 1. The summed E-state index contributed by atoms with van der Waals surface area (Å²) in [6.45, 7) is 5.98. The highest BCUT2D eigenvalue weighted by Gasteiger charge is 2.21. The Balaban J connectivity index is 1.91. The Bertz CT molecular complexity index is 502. The van der Waals surface area contributed by atoms with Crippen molar-refractivity contribution in [3.8, 4) is 0 Å². The fourth-order valence-corrected chi connectivity index (χ4v) is 2.65. The van der Waals surface area contributed by atoms with Gasteiger partial charge >= 0.3 is 0 Å². The van der Waals surface area contributed by atoms with E-state index in [9.17, 15) is 9.59 Å². The maximum absolute atomic E-state index is 12.4. The van der Waals surface area contributed by atoms with Crippen LogP contribution in [-0.2, 0) is 4.79 Å². The number of benzene rings is 1. The van der Waals surface area contributed by atoms with Gasteiger partial charge < -0.3 is 10.2 Å². The van der Waals surface area contributed by atoms with Gasteiger partial charge in [0.25, 0.3) is 5.91 Å². The van der Waals surface area contributed by atoms with E-state index in [-0.39, 0.29) is 11.8 Å². The highest BCUT2D eigenvalue weighted by Crippen LogP contribution is 2.19. The average Bonchev–Trinajstić information content (AvgIpc) is 2.54.